The zero-order chi connectivity index (χ0) is 13.2. The molecule has 2 heterocycles. The molecule has 1 aromatic heterocycles. The molecule has 0 bridgehead atoms. The third-order valence-corrected chi connectivity index (χ3v) is 3.89. The van der Waals surface area contributed by atoms with E-state index in [1.165, 1.54) is 0 Å². The SMILES string of the molecule is Cl.Clc1ccc(Cn2c(Cl)nnc2[C@H]2CCCN2)cc1. The van der Waals surface area contributed by atoms with Gasteiger partial charge in [0, 0.05) is 5.02 Å². The minimum Gasteiger partial charge on any atom is -0.307 e. The number of hydrogen-bond donors (Lipinski definition) is 1. The fourth-order valence-corrected chi connectivity index (χ4v) is 2.69. The maximum atomic E-state index is 6.14. The number of hydrogen-bond acceptors (Lipinski definition) is 3. The Morgan fingerprint density at radius 3 is 2.60 bits per heavy atom. The zero-order valence-corrected chi connectivity index (χ0v) is 13.0. The van der Waals surface area contributed by atoms with Crippen molar-refractivity contribution in [3.63, 3.8) is 0 Å². The highest BCUT2D eigenvalue weighted by molar-refractivity contribution is 6.30. The second-order valence-electron chi connectivity index (χ2n) is 4.69. The summed E-state index contributed by atoms with van der Waals surface area (Å²) in [6, 6.07) is 7.99. The van der Waals surface area contributed by atoms with E-state index < -0.39 is 0 Å². The molecule has 2 aromatic rings. The van der Waals surface area contributed by atoms with Gasteiger partial charge in [-0.2, -0.15) is 0 Å². The van der Waals surface area contributed by atoms with Crippen LogP contribution >= 0.6 is 35.6 Å². The average Bonchev–Trinajstić information content (AvgIpc) is 3.03. The number of nitrogens with zero attached hydrogens (tertiary/aromatic N) is 3. The summed E-state index contributed by atoms with van der Waals surface area (Å²) in [5.41, 5.74) is 1.13. The number of halogens is 3. The molecule has 0 amide bonds. The highest BCUT2D eigenvalue weighted by Gasteiger charge is 2.23. The average molecular weight is 334 g/mol. The van der Waals surface area contributed by atoms with Crippen molar-refractivity contribution in [3.05, 3.63) is 46.0 Å². The van der Waals surface area contributed by atoms with E-state index in [0.29, 0.717) is 11.8 Å². The summed E-state index contributed by atoms with van der Waals surface area (Å²) >= 11 is 12.0. The maximum absolute atomic E-state index is 6.14. The number of rotatable bonds is 3. The number of nitrogens with one attached hydrogen (secondary N) is 1. The minimum atomic E-state index is 0. The molecule has 1 fully saturated rings. The third-order valence-electron chi connectivity index (χ3n) is 3.36. The molecule has 108 valence electrons. The Kier molecular flexibility index (Phi) is 5.27. The lowest BCUT2D eigenvalue weighted by molar-refractivity contribution is 0.564. The Hall–Kier alpha value is -0.810. The quantitative estimate of drug-likeness (QED) is 0.935. The fraction of sp³-hybridized carbons (Fsp3) is 0.385. The molecule has 1 atom stereocenters. The highest BCUT2D eigenvalue weighted by Crippen LogP contribution is 2.24. The van der Waals surface area contributed by atoms with E-state index in [1.54, 1.807) is 0 Å². The first kappa shape index (κ1) is 15.6. The summed E-state index contributed by atoms with van der Waals surface area (Å²) in [7, 11) is 0. The highest BCUT2D eigenvalue weighted by atomic mass is 35.5. The van der Waals surface area contributed by atoms with Gasteiger partial charge in [-0.1, -0.05) is 23.7 Å². The molecular weight excluding hydrogens is 319 g/mol. The molecule has 4 nitrogen and oxygen atoms in total. The van der Waals surface area contributed by atoms with Crippen molar-refractivity contribution in [1.29, 1.82) is 0 Å². The molecule has 1 aliphatic rings. The van der Waals surface area contributed by atoms with Gasteiger partial charge in [-0.05, 0) is 48.7 Å². The van der Waals surface area contributed by atoms with Gasteiger partial charge < -0.3 is 5.32 Å². The van der Waals surface area contributed by atoms with Crippen LogP contribution in [0.4, 0.5) is 0 Å². The molecule has 0 spiro atoms. The summed E-state index contributed by atoms with van der Waals surface area (Å²) < 4.78 is 1.95. The summed E-state index contributed by atoms with van der Waals surface area (Å²) in [6.45, 7) is 1.69. The molecule has 20 heavy (non-hydrogen) atoms. The lowest BCUT2D eigenvalue weighted by Crippen LogP contribution is -2.18. The Morgan fingerprint density at radius 1 is 1.20 bits per heavy atom. The van der Waals surface area contributed by atoms with Gasteiger partial charge in [0.15, 0.2) is 5.82 Å². The van der Waals surface area contributed by atoms with Crippen molar-refractivity contribution in [1.82, 2.24) is 20.1 Å². The Labute approximate surface area is 133 Å². The van der Waals surface area contributed by atoms with Crippen LogP contribution in [0.2, 0.25) is 10.3 Å². The molecule has 1 aromatic carbocycles. The summed E-state index contributed by atoms with van der Waals surface area (Å²) in [6.07, 6.45) is 2.24. The molecule has 0 radical (unpaired) electrons. The topological polar surface area (TPSA) is 42.7 Å². The van der Waals surface area contributed by atoms with Crippen molar-refractivity contribution >= 4 is 35.6 Å². The van der Waals surface area contributed by atoms with Gasteiger partial charge >= 0.3 is 0 Å². The first-order valence-electron chi connectivity index (χ1n) is 6.30. The lowest BCUT2D eigenvalue weighted by Gasteiger charge is -2.12. The van der Waals surface area contributed by atoms with Gasteiger partial charge in [0.05, 0.1) is 12.6 Å². The molecular formula is C13H15Cl3N4. The summed E-state index contributed by atoms with van der Waals surface area (Å²) in [5, 5.41) is 12.8. The van der Waals surface area contributed by atoms with E-state index in [1.807, 2.05) is 28.8 Å². The van der Waals surface area contributed by atoms with Crippen LogP contribution in [-0.2, 0) is 6.54 Å². The van der Waals surface area contributed by atoms with Crippen molar-refractivity contribution in [3.8, 4) is 0 Å². The van der Waals surface area contributed by atoms with Crippen LogP contribution in [0.25, 0.3) is 0 Å². The summed E-state index contributed by atoms with van der Waals surface area (Å²) in [4.78, 5) is 0. The molecule has 1 N–H and O–H groups in total. The second-order valence-corrected chi connectivity index (χ2v) is 5.46. The van der Waals surface area contributed by atoms with Crippen LogP contribution < -0.4 is 5.32 Å². The van der Waals surface area contributed by atoms with Gasteiger partial charge in [-0.25, -0.2) is 0 Å². The monoisotopic (exact) mass is 332 g/mol. The van der Waals surface area contributed by atoms with Crippen LogP contribution in [0.1, 0.15) is 30.3 Å². The van der Waals surface area contributed by atoms with E-state index in [9.17, 15) is 0 Å². The lowest BCUT2D eigenvalue weighted by atomic mass is 10.2. The fourth-order valence-electron chi connectivity index (χ4n) is 2.38. The van der Waals surface area contributed by atoms with Crippen LogP contribution in [-0.4, -0.2) is 21.3 Å². The predicted molar refractivity (Wildman–Crippen MR) is 82.8 cm³/mol. The van der Waals surface area contributed by atoms with Gasteiger partial charge in [0.2, 0.25) is 5.28 Å². The van der Waals surface area contributed by atoms with Gasteiger partial charge in [0.1, 0.15) is 0 Å². The largest absolute Gasteiger partial charge is 0.307 e. The Bertz CT molecular complexity index is 561. The van der Waals surface area contributed by atoms with E-state index in [2.05, 4.69) is 15.5 Å². The smallest absolute Gasteiger partial charge is 0.225 e. The minimum absolute atomic E-state index is 0. The Morgan fingerprint density at radius 2 is 1.95 bits per heavy atom. The van der Waals surface area contributed by atoms with E-state index >= 15 is 0 Å². The van der Waals surface area contributed by atoms with Crippen molar-refractivity contribution in [2.45, 2.75) is 25.4 Å². The molecule has 0 unspecified atom stereocenters. The van der Waals surface area contributed by atoms with Crippen molar-refractivity contribution in [2.24, 2.45) is 0 Å². The normalized spacial score (nSPS) is 18.0. The first-order chi connectivity index (χ1) is 9.24. The Balaban J connectivity index is 0.00000147. The third kappa shape index (κ3) is 3.26. The predicted octanol–water partition coefficient (Wildman–Crippen LogP) is 3.48. The standard InChI is InChI=1S/C13H14Cl2N4.ClH/c14-10-5-3-9(4-6-10)8-19-12(17-18-13(19)15)11-2-1-7-16-11;/h3-6,11,16H,1-2,7-8H2;1H/t11-;/m1./s1. The summed E-state index contributed by atoms with van der Waals surface area (Å²) in [5.74, 6) is 0.914. The van der Waals surface area contributed by atoms with Crippen LogP contribution in [0.5, 0.6) is 0 Å². The van der Waals surface area contributed by atoms with Crippen molar-refractivity contribution < 1.29 is 0 Å². The number of aromatic nitrogens is 3. The maximum Gasteiger partial charge on any atom is 0.225 e. The van der Waals surface area contributed by atoms with E-state index in [4.69, 9.17) is 23.2 Å². The first-order valence-corrected chi connectivity index (χ1v) is 7.06. The number of benzene rings is 1. The van der Waals surface area contributed by atoms with E-state index in [-0.39, 0.29) is 18.4 Å². The molecule has 0 saturated carbocycles. The van der Waals surface area contributed by atoms with Gasteiger partial charge in [-0.3, -0.25) is 4.57 Å². The van der Waals surface area contributed by atoms with Crippen LogP contribution in [0.15, 0.2) is 24.3 Å². The van der Waals surface area contributed by atoms with Gasteiger partial charge in [0.25, 0.3) is 0 Å². The van der Waals surface area contributed by atoms with Gasteiger partial charge in [-0.15, -0.1) is 22.6 Å². The van der Waals surface area contributed by atoms with E-state index in [0.717, 1.165) is 35.8 Å². The zero-order valence-electron chi connectivity index (χ0n) is 10.7. The molecule has 3 rings (SSSR count). The molecule has 1 aliphatic heterocycles. The molecule has 7 heteroatoms. The molecule has 0 aliphatic carbocycles. The van der Waals surface area contributed by atoms with Crippen LogP contribution in [0.3, 0.4) is 0 Å². The molecule has 1 saturated heterocycles. The second kappa shape index (κ2) is 6.76. The van der Waals surface area contributed by atoms with Crippen LogP contribution in [0, 0.1) is 0 Å². The van der Waals surface area contributed by atoms with Crippen molar-refractivity contribution in [2.75, 3.05) is 6.54 Å².